The molecule has 1 N–H and O–H groups in total. The molecule has 1 fully saturated rings. The maximum atomic E-state index is 4.54. The van der Waals surface area contributed by atoms with Gasteiger partial charge in [-0.1, -0.05) is 38.1 Å². The largest absolute Gasteiger partial charge is 0.356 e. The van der Waals surface area contributed by atoms with Crippen LogP contribution in [0.4, 0.5) is 0 Å². The number of halogens is 1. The van der Waals surface area contributed by atoms with Gasteiger partial charge in [-0.2, -0.15) is 0 Å². The minimum Gasteiger partial charge on any atom is -0.356 e. The standard InChI is InChI=1S/C20H28N4.HI/c1-15-12-16(2)14-24(13-15)20(21-3)23-11-9-18-7-4-6-17-8-5-10-22-19(17)18;/h4-8,10,15-16H,9,11-14H2,1-3H3,(H,21,23);1H. The molecule has 0 spiro atoms. The van der Waals surface area contributed by atoms with Gasteiger partial charge in [-0.15, -0.1) is 24.0 Å². The lowest BCUT2D eigenvalue weighted by molar-refractivity contribution is 0.208. The smallest absolute Gasteiger partial charge is 0.193 e. The molecule has 1 saturated heterocycles. The van der Waals surface area contributed by atoms with Crippen molar-refractivity contribution in [1.82, 2.24) is 15.2 Å². The maximum Gasteiger partial charge on any atom is 0.193 e. The number of benzene rings is 1. The number of nitrogens with one attached hydrogen (secondary N) is 1. The van der Waals surface area contributed by atoms with Crippen molar-refractivity contribution in [3.8, 4) is 0 Å². The fraction of sp³-hybridized carbons (Fsp3) is 0.500. The van der Waals surface area contributed by atoms with Crippen LogP contribution in [-0.2, 0) is 6.42 Å². The van der Waals surface area contributed by atoms with E-state index in [9.17, 15) is 0 Å². The molecule has 0 radical (unpaired) electrons. The molecule has 2 heterocycles. The molecule has 0 saturated carbocycles. The summed E-state index contributed by atoms with van der Waals surface area (Å²) < 4.78 is 0. The van der Waals surface area contributed by atoms with Gasteiger partial charge in [0, 0.05) is 38.3 Å². The first-order chi connectivity index (χ1) is 11.7. The van der Waals surface area contributed by atoms with Crippen LogP contribution in [0, 0.1) is 11.8 Å². The second-order valence-corrected chi connectivity index (χ2v) is 7.07. The van der Waals surface area contributed by atoms with Crippen LogP contribution in [0.3, 0.4) is 0 Å². The molecule has 1 aliphatic heterocycles. The number of rotatable bonds is 3. The number of aliphatic imine (C=N–C) groups is 1. The molecule has 0 aliphatic carbocycles. The third-order valence-corrected chi connectivity index (χ3v) is 4.77. The zero-order chi connectivity index (χ0) is 16.9. The predicted molar refractivity (Wildman–Crippen MR) is 117 cm³/mol. The highest BCUT2D eigenvalue weighted by molar-refractivity contribution is 14.0. The Hall–Kier alpha value is -1.37. The summed E-state index contributed by atoms with van der Waals surface area (Å²) in [5.74, 6) is 2.49. The predicted octanol–water partition coefficient (Wildman–Crippen LogP) is 3.95. The van der Waals surface area contributed by atoms with Gasteiger partial charge in [0.25, 0.3) is 0 Å². The van der Waals surface area contributed by atoms with Crippen LogP contribution in [0.25, 0.3) is 10.9 Å². The first-order valence-corrected chi connectivity index (χ1v) is 8.95. The minimum atomic E-state index is 0. The summed E-state index contributed by atoms with van der Waals surface area (Å²) >= 11 is 0. The molecular formula is C20H29IN4. The lowest BCUT2D eigenvalue weighted by Gasteiger charge is -2.37. The fourth-order valence-electron chi connectivity index (χ4n) is 3.85. The monoisotopic (exact) mass is 452 g/mol. The first kappa shape index (κ1) is 19.9. The van der Waals surface area contributed by atoms with Crippen LogP contribution in [0.1, 0.15) is 25.8 Å². The fourth-order valence-corrected chi connectivity index (χ4v) is 3.85. The zero-order valence-electron chi connectivity index (χ0n) is 15.4. The van der Waals surface area contributed by atoms with Crippen LogP contribution >= 0.6 is 24.0 Å². The summed E-state index contributed by atoms with van der Waals surface area (Å²) in [6.07, 6.45) is 4.14. The molecule has 136 valence electrons. The number of pyridine rings is 1. The molecule has 2 unspecified atom stereocenters. The van der Waals surface area contributed by atoms with Crippen molar-refractivity contribution in [3.63, 3.8) is 0 Å². The highest BCUT2D eigenvalue weighted by Crippen LogP contribution is 2.21. The molecule has 0 amide bonds. The van der Waals surface area contributed by atoms with Crippen molar-refractivity contribution in [1.29, 1.82) is 0 Å². The number of likely N-dealkylation sites (tertiary alicyclic amines) is 1. The van der Waals surface area contributed by atoms with Gasteiger partial charge in [0.05, 0.1) is 5.52 Å². The maximum absolute atomic E-state index is 4.54. The molecule has 25 heavy (non-hydrogen) atoms. The van der Waals surface area contributed by atoms with E-state index in [-0.39, 0.29) is 24.0 Å². The van der Waals surface area contributed by atoms with Crippen molar-refractivity contribution in [2.24, 2.45) is 16.8 Å². The minimum absolute atomic E-state index is 0. The van der Waals surface area contributed by atoms with E-state index in [4.69, 9.17) is 0 Å². The quantitative estimate of drug-likeness (QED) is 0.436. The summed E-state index contributed by atoms with van der Waals surface area (Å²) in [7, 11) is 1.88. The van der Waals surface area contributed by atoms with E-state index in [1.165, 1.54) is 17.4 Å². The van der Waals surface area contributed by atoms with Crippen LogP contribution in [0.2, 0.25) is 0 Å². The van der Waals surface area contributed by atoms with Crippen molar-refractivity contribution >= 4 is 40.8 Å². The summed E-state index contributed by atoms with van der Waals surface area (Å²) in [5, 5.41) is 4.75. The Bertz CT molecular complexity index is 700. The lowest BCUT2D eigenvalue weighted by atomic mass is 9.92. The Kier molecular flexibility index (Phi) is 7.47. The van der Waals surface area contributed by atoms with Crippen LogP contribution < -0.4 is 5.32 Å². The SMILES string of the molecule is CN=C(NCCc1cccc2cccnc12)N1CC(C)CC(C)C1.I. The van der Waals surface area contributed by atoms with Gasteiger partial charge in [-0.3, -0.25) is 9.98 Å². The second kappa shape index (κ2) is 9.36. The number of hydrogen-bond acceptors (Lipinski definition) is 2. The average Bonchev–Trinajstić information content (AvgIpc) is 2.58. The molecule has 2 aromatic rings. The molecule has 3 rings (SSSR count). The van der Waals surface area contributed by atoms with Crippen molar-refractivity contribution < 1.29 is 0 Å². The van der Waals surface area contributed by atoms with Gasteiger partial charge in [0.15, 0.2) is 5.96 Å². The van der Waals surface area contributed by atoms with E-state index in [0.29, 0.717) is 0 Å². The molecule has 5 heteroatoms. The molecule has 4 nitrogen and oxygen atoms in total. The average molecular weight is 452 g/mol. The number of guanidine groups is 1. The number of fused-ring (bicyclic) bond motifs is 1. The van der Waals surface area contributed by atoms with Crippen molar-refractivity contribution in [3.05, 3.63) is 42.1 Å². The van der Waals surface area contributed by atoms with Gasteiger partial charge < -0.3 is 10.2 Å². The topological polar surface area (TPSA) is 40.5 Å². The number of hydrogen-bond donors (Lipinski definition) is 1. The Labute approximate surface area is 168 Å². The van der Waals surface area contributed by atoms with Gasteiger partial charge in [-0.05, 0) is 36.3 Å². The van der Waals surface area contributed by atoms with Crippen LogP contribution in [-0.4, -0.2) is 42.5 Å². The number of para-hydroxylation sites is 1. The Morgan fingerprint density at radius 1 is 1.20 bits per heavy atom. The van der Waals surface area contributed by atoms with Crippen molar-refractivity contribution in [2.45, 2.75) is 26.7 Å². The lowest BCUT2D eigenvalue weighted by Crippen LogP contribution is -2.48. The number of aromatic nitrogens is 1. The molecule has 1 aromatic carbocycles. The summed E-state index contributed by atoms with van der Waals surface area (Å²) in [5.41, 5.74) is 2.40. The molecule has 1 aromatic heterocycles. The molecule has 0 bridgehead atoms. The highest BCUT2D eigenvalue weighted by Gasteiger charge is 2.23. The van der Waals surface area contributed by atoms with E-state index in [1.54, 1.807) is 0 Å². The van der Waals surface area contributed by atoms with E-state index in [1.807, 2.05) is 19.3 Å². The van der Waals surface area contributed by atoms with Gasteiger partial charge >= 0.3 is 0 Å². The normalized spacial score (nSPS) is 21.1. The van der Waals surface area contributed by atoms with E-state index in [0.717, 1.165) is 49.4 Å². The first-order valence-electron chi connectivity index (χ1n) is 8.95. The third-order valence-electron chi connectivity index (χ3n) is 4.77. The molecular weight excluding hydrogens is 423 g/mol. The van der Waals surface area contributed by atoms with Crippen LogP contribution in [0.5, 0.6) is 0 Å². The number of piperidine rings is 1. The molecule has 1 aliphatic rings. The van der Waals surface area contributed by atoms with Crippen molar-refractivity contribution in [2.75, 3.05) is 26.7 Å². The van der Waals surface area contributed by atoms with Crippen LogP contribution in [0.15, 0.2) is 41.5 Å². The van der Waals surface area contributed by atoms with Gasteiger partial charge in [0.2, 0.25) is 0 Å². The van der Waals surface area contributed by atoms with Gasteiger partial charge in [0.1, 0.15) is 0 Å². The summed E-state index contributed by atoms with van der Waals surface area (Å²) in [4.78, 5) is 11.4. The third kappa shape index (κ3) is 5.06. The Balaban J connectivity index is 0.00000225. The Morgan fingerprint density at radius 2 is 1.92 bits per heavy atom. The summed E-state index contributed by atoms with van der Waals surface area (Å²) in [6.45, 7) is 7.73. The van der Waals surface area contributed by atoms with E-state index < -0.39 is 0 Å². The van der Waals surface area contributed by atoms with Gasteiger partial charge in [-0.25, -0.2) is 0 Å². The number of nitrogens with zero attached hydrogens (tertiary/aromatic N) is 3. The Morgan fingerprint density at radius 3 is 2.64 bits per heavy atom. The second-order valence-electron chi connectivity index (χ2n) is 7.07. The zero-order valence-corrected chi connectivity index (χ0v) is 17.7. The van der Waals surface area contributed by atoms with E-state index >= 15 is 0 Å². The highest BCUT2D eigenvalue weighted by atomic mass is 127. The summed E-state index contributed by atoms with van der Waals surface area (Å²) in [6, 6.07) is 10.5. The molecule has 2 atom stereocenters. The van der Waals surface area contributed by atoms with E-state index in [2.05, 4.69) is 58.3 Å².